The number of aromatic amines is 1. The highest BCUT2D eigenvalue weighted by atomic mass is 35.5. The molecule has 0 saturated heterocycles. The maximum absolute atomic E-state index is 6.02. The van der Waals surface area contributed by atoms with Crippen molar-refractivity contribution >= 4 is 28.3 Å². The quantitative estimate of drug-likeness (QED) is 0.734. The summed E-state index contributed by atoms with van der Waals surface area (Å²) in [4.78, 5) is 0. The molecule has 0 aliphatic carbocycles. The van der Waals surface area contributed by atoms with Gasteiger partial charge in [0.1, 0.15) is 0 Å². The third-order valence-corrected chi connectivity index (χ3v) is 2.49. The maximum atomic E-state index is 6.02. The number of hydrogen-bond donors (Lipinski definition) is 2. The summed E-state index contributed by atoms with van der Waals surface area (Å²) in [5.41, 5.74) is 7.65. The first-order valence-corrected chi connectivity index (χ1v) is 4.52. The maximum Gasteiger partial charge on any atom is 0.153 e. The van der Waals surface area contributed by atoms with Crippen LogP contribution < -0.4 is 5.73 Å². The van der Waals surface area contributed by atoms with E-state index in [1.165, 1.54) is 0 Å². The fourth-order valence-electron chi connectivity index (χ4n) is 1.37. The lowest BCUT2D eigenvalue weighted by Gasteiger charge is -2.00. The van der Waals surface area contributed by atoms with Crippen molar-refractivity contribution in [3.05, 3.63) is 22.7 Å². The van der Waals surface area contributed by atoms with Crippen molar-refractivity contribution in [2.75, 3.05) is 5.73 Å². The number of hydrogen-bond acceptors (Lipinski definition) is 2. The predicted molar refractivity (Wildman–Crippen MR) is 54.9 cm³/mol. The number of nitrogens with zero attached hydrogens (tertiary/aromatic N) is 1. The number of aromatic nitrogens is 2. The average molecular weight is 196 g/mol. The molecular weight excluding hydrogens is 186 g/mol. The first kappa shape index (κ1) is 8.38. The van der Waals surface area contributed by atoms with Gasteiger partial charge < -0.3 is 5.73 Å². The van der Waals surface area contributed by atoms with Crippen molar-refractivity contribution in [1.82, 2.24) is 10.2 Å². The van der Waals surface area contributed by atoms with Gasteiger partial charge in [0.2, 0.25) is 0 Å². The number of aryl methyl sites for hydroxylation is 1. The summed E-state index contributed by atoms with van der Waals surface area (Å²) in [6.07, 6.45) is 0.902. The highest BCUT2D eigenvalue weighted by Gasteiger charge is 2.05. The number of benzene rings is 1. The zero-order chi connectivity index (χ0) is 9.42. The average Bonchev–Trinajstić information content (AvgIpc) is 2.46. The molecule has 0 fully saturated rings. The van der Waals surface area contributed by atoms with Gasteiger partial charge >= 0.3 is 0 Å². The third kappa shape index (κ3) is 1.25. The number of H-pyrrole nitrogens is 1. The van der Waals surface area contributed by atoms with E-state index in [1.807, 2.05) is 12.1 Å². The van der Waals surface area contributed by atoms with Crippen LogP contribution in [0.1, 0.15) is 12.5 Å². The van der Waals surface area contributed by atoms with Crippen LogP contribution in [0, 0.1) is 0 Å². The highest BCUT2D eigenvalue weighted by Crippen LogP contribution is 2.25. The Morgan fingerprint density at radius 1 is 1.54 bits per heavy atom. The number of anilines is 1. The molecule has 3 nitrogen and oxygen atoms in total. The van der Waals surface area contributed by atoms with Crippen molar-refractivity contribution in [2.24, 2.45) is 0 Å². The molecule has 0 amide bonds. The van der Waals surface area contributed by atoms with Crippen LogP contribution in [0.25, 0.3) is 10.9 Å². The van der Waals surface area contributed by atoms with E-state index in [1.54, 1.807) is 0 Å². The minimum atomic E-state index is 0.529. The fraction of sp³-hybridized carbons (Fsp3) is 0.222. The summed E-state index contributed by atoms with van der Waals surface area (Å²) in [6.45, 7) is 2.06. The normalized spacial score (nSPS) is 10.9. The second-order valence-corrected chi connectivity index (χ2v) is 3.36. The van der Waals surface area contributed by atoms with Crippen molar-refractivity contribution in [2.45, 2.75) is 13.3 Å². The predicted octanol–water partition coefficient (Wildman–Crippen LogP) is 2.36. The monoisotopic (exact) mass is 195 g/mol. The molecule has 13 heavy (non-hydrogen) atoms. The lowest BCUT2D eigenvalue weighted by atomic mass is 10.1. The molecule has 1 aromatic carbocycles. The molecule has 0 aliphatic heterocycles. The molecule has 0 bridgehead atoms. The molecule has 0 unspecified atom stereocenters. The minimum absolute atomic E-state index is 0.529. The van der Waals surface area contributed by atoms with Crippen LogP contribution in [0.2, 0.25) is 5.02 Å². The van der Waals surface area contributed by atoms with Crippen LogP contribution in [0.3, 0.4) is 0 Å². The molecule has 2 rings (SSSR count). The molecule has 0 atom stereocenters. The lowest BCUT2D eigenvalue weighted by Crippen LogP contribution is -1.86. The first-order valence-electron chi connectivity index (χ1n) is 4.14. The second kappa shape index (κ2) is 2.92. The smallest absolute Gasteiger partial charge is 0.153 e. The molecule has 0 spiro atoms. The van der Waals surface area contributed by atoms with Gasteiger partial charge in [-0.2, -0.15) is 5.10 Å². The van der Waals surface area contributed by atoms with Gasteiger partial charge in [0.05, 0.1) is 5.52 Å². The molecule has 2 aromatic rings. The molecule has 0 radical (unpaired) electrons. The SMILES string of the molecule is CCc1cc2c(N)n[nH]c2cc1Cl. The molecule has 0 saturated carbocycles. The summed E-state index contributed by atoms with van der Waals surface area (Å²) < 4.78 is 0. The van der Waals surface area contributed by atoms with Crippen LogP contribution in [-0.4, -0.2) is 10.2 Å². The summed E-state index contributed by atoms with van der Waals surface area (Å²) >= 11 is 6.02. The summed E-state index contributed by atoms with van der Waals surface area (Å²) in [5, 5.41) is 8.44. The van der Waals surface area contributed by atoms with Gasteiger partial charge in [-0.15, -0.1) is 0 Å². The van der Waals surface area contributed by atoms with Gasteiger partial charge in [0.15, 0.2) is 5.82 Å². The number of rotatable bonds is 1. The Kier molecular flexibility index (Phi) is 1.88. The van der Waals surface area contributed by atoms with Gasteiger partial charge in [-0.3, -0.25) is 5.10 Å². The van der Waals surface area contributed by atoms with Crippen molar-refractivity contribution in [3.63, 3.8) is 0 Å². The summed E-state index contributed by atoms with van der Waals surface area (Å²) in [7, 11) is 0. The van der Waals surface area contributed by atoms with Gasteiger partial charge in [-0.1, -0.05) is 18.5 Å². The number of nitrogen functional groups attached to an aromatic ring is 1. The zero-order valence-corrected chi connectivity index (χ0v) is 8.02. The largest absolute Gasteiger partial charge is 0.382 e. The van der Waals surface area contributed by atoms with Crippen LogP contribution in [0.5, 0.6) is 0 Å². The zero-order valence-electron chi connectivity index (χ0n) is 7.26. The van der Waals surface area contributed by atoms with E-state index < -0.39 is 0 Å². The van der Waals surface area contributed by atoms with E-state index in [-0.39, 0.29) is 0 Å². The molecular formula is C9H10ClN3. The number of fused-ring (bicyclic) bond motifs is 1. The van der Waals surface area contributed by atoms with Crippen LogP contribution in [0.4, 0.5) is 5.82 Å². The molecule has 68 valence electrons. The van der Waals surface area contributed by atoms with Crippen molar-refractivity contribution in [3.8, 4) is 0 Å². The second-order valence-electron chi connectivity index (χ2n) is 2.95. The molecule has 0 aliphatic rings. The molecule has 1 aromatic heterocycles. The van der Waals surface area contributed by atoms with Gasteiger partial charge in [0, 0.05) is 10.4 Å². The Morgan fingerprint density at radius 3 is 3.00 bits per heavy atom. The van der Waals surface area contributed by atoms with E-state index in [2.05, 4.69) is 17.1 Å². The first-order chi connectivity index (χ1) is 6.22. The highest BCUT2D eigenvalue weighted by molar-refractivity contribution is 6.32. The third-order valence-electron chi connectivity index (χ3n) is 2.14. The Balaban J connectivity index is 2.77. The Labute approximate surface area is 80.9 Å². The Bertz CT molecular complexity index is 447. The standard InChI is InChI=1S/C9H10ClN3/c1-2-5-3-6-8(4-7(5)10)12-13-9(6)11/h3-4H,2H2,1H3,(H3,11,12,13). The number of halogens is 1. The van der Waals surface area contributed by atoms with Gasteiger partial charge in [-0.05, 0) is 24.1 Å². The van der Waals surface area contributed by atoms with Gasteiger partial charge in [-0.25, -0.2) is 0 Å². The minimum Gasteiger partial charge on any atom is -0.382 e. The van der Waals surface area contributed by atoms with Crippen molar-refractivity contribution in [1.29, 1.82) is 0 Å². The van der Waals surface area contributed by atoms with Gasteiger partial charge in [0.25, 0.3) is 0 Å². The summed E-state index contributed by atoms with van der Waals surface area (Å²) in [5.74, 6) is 0.529. The molecule has 4 heteroatoms. The summed E-state index contributed by atoms with van der Waals surface area (Å²) in [6, 6.07) is 3.84. The fourth-order valence-corrected chi connectivity index (χ4v) is 1.67. The van der Waals surface area contributed by atoms with E-state index in [0.717, 1.165) is 27.9 Å². The van der Waals surface area contributed by atoms with Crippen LogP contribution in [0.15, 0.2) is 12.1 Å². The van der Waals surface area contributed by atoms with Crippen LogP contribution in [-0.2, 0) is 6.42 Å². The van der Waals surface area contributed by atoms with E-state index in [4.69, 9.17) is 17.3 Å². The van der Waals surface area contributed by atoms with E-state index >= 15 is 0 Å². The Morgan fingerprint density at radius 2 is 2.31 bits per heavy atom. The number of nitrogens with two attached hydrogens (primary N) is 1. The molecule has 3 N–H and O–H groups in total. The van der Waals surface area contributed by atoms with E-state index in [0.29, 0.717) is 5.82 Å². The van der Waals surface area contributed by atoms with E-state index in [9.17, 15) is 0 Å². The van der Waals surface area contributed by atoms with Crippen LogP contribution >= 0.6 is 11.6 Å². The lowest BCUT2D eigenvalue weighted by molar-refractivity contribution is 1.12. The Hall–Kier alpha value is -1.22. The number of nitrogens with one attached hydrogen (secondary N) is 1. The topological polar surface area (TPSA) is 54.7 Å². The molecule has 1 heterocycles. The van der Waals surface area contributed by atoms with Crippen molar-refractivity contribution < 1.29 is 0 Å².